The zero-order chi connectivity index (χ0) is 25.1. The fourth-order valence-electron chi connectivity index (χ4n) is 4.22. The van der Waals surface area contributed by atoms with Crippen LogP contribution in [0, 0.1) is 0 Å². The van der Waals surface area contributed by atoms with Gasteiger partial charge in [-0.1, -0.05) is 0 Å². The number of likely N-dealkylation sites (tertiary alicyclic amines) is 2. The second-order valence-corrected chi connectivity index (χ2v) is 12.0. The zero-order valence-electron chi connectivity index (χ0n) is 21.8. The van der Waals surface area contributed by atoms with Gasteiger partial charge in [-0.2, -0.15) is 0 Å². The van der Waals surface area contributed by atoms with Crippen molar-refractivity contribution < 1.29 is 23.9 Å². The Morgan fingerprint density at radius 3 is 1.69 bits per heavy atom. The molecule has 8 heteroatoms. The van der Waals surface area contributed by atoms with Crippen molar-refractivity contribution in [1.82, 2.24) is 9.80 Å². The van der Waals surface area contributed by atoms with E-state index in [0.29, 0.717) is 6.54 Å². The molecule has 2 atom stereocenters. The summed E-state index contributed by atoms with van der Waals surface area (Å²) < 4.78 is 10.7. The van der Waals surface area contributed by atoms with Gasteiger partial charge in [0.2, 0.25) is 0 Å². The van der Waals surface area contributed by atoms with E-state index in [0.717, 1.165) is 32.0 Å². The summed E-state index contributed by atoms with van der Waals surface area (Å²) in [5.41, 5.74) is 4.28. The van der Waals surface area contributed by atoms with Crippen LogP contribution in [0.2, 0.25) is 0 Å². The monoisotopic (exact) mass is 455 g/mol. The number of nitrogens with zero attached hydrogens (tertiary/aromatic N) is 2. The van der Waals surface area contributed by atoms with Crippen LogP contribution in [0.15, 0.2) is 0 Å². The molecule has 2 unspecified atom stereocenters. The Morgan fingerprint density at radius 1 is 0.875 bits per heavy atom. The Kier molecular flexibility index (Phi) is 8.79. The van der Waals surface area contributed by atoms with Gasteiger partial charge in [0.05, 0.1) is 6.04 Å². The summed E-state index contributed by atoms with van der Waals surface area (Å²) in [7, 11) is 0. The molecule has 2 heterocycles. The molecule has 0 aromatic carbocycles. The smallest absolute Gasteiger partial charge is 0.411 e. The van der Waals surface area contributed by atoms with Crippen LogP contribution in [0.4, 0.5) is 9.59 Å². The third-order valence-corrected chi connectivity index (χ3v) is 5.75. The van der Waals surface area contributed by atoms with E-state index in [4.69, 9.17) is 15.2 Å². The highest BCUT2D eigenvalue weighted by Gasteiger charge is 2.45. The van der Waals surface area contributed by atoms with Crippen molar-refractivity contribution in [2.45, 2.75) is 129 Å². The van der Waals surface area contributed by atoms with Crippen molar-refractivity contribution in [1.29, 1.82) is 0 Å². The van der Waals surface area contributed by atoms with Crippen LogP contribution in [0.5, 0.6) is 0 Å². The topological polar surface area (TPSA) is 102 Å². The van der Waals surface area contributed by atoms with Crippen LogP contribution < -0.4 is 5.73 Å². The molecule has 2 saturated heterocycles. The first kappa shape index (κ1) is 28.2. The summed E-state index contributed by atoms with van der Waals surface area (Å²) in [6.45, 7) is 19.7. The maximum atomic E-state index is 12.1. The minimum atomic E-state index is -0.525. The molecule has 2 aliphatic rings. The Bertz CT molecular complexity index is 676. The van der Waals surface area contributed by atoms with E-state index in [1.165, 1.54) is 0 Å². The highest BCUT2D eigenvalue weighted by molar-refractivity contribution is 5.75. The molecule has 0 aliphatic carbocycles. The lowest BCUT2D eigenvalue weighted by atomic mass is 10.0. The lowest BCUT2D eigenvalue weighted by molar-refractivity contribution is -0.112. The van der Waals surface area contributed by atoms with Crippen LogP contribution >= 0.6 is 0 Å². The molecule has 0 aromatic heterocycles. The molecule has 2 aliphatic heterocycles. The highest BCUT2D eigenvalue weighted by atomic mass is 16.6. The van der Waals surface area contributed by atoms with Gasteiger partial charge >= 0.3 is 12.2 Å². The fraction of sp³-hybridized carbons (Fsp3) is 0.875. The second kappa shape index (κ2) is 9.98. The average molecular weight is 456 g/mol. The largest absolute Gasteiger partial charge is 0.444 e. The average Bonchev–Trinajstić information content (AvgIpc) is 3.06. The summed E-state index contributed by atoms with van der Waals surface area (Å²) in [4.78, 5) is 38.4. The van der Waals surface area contributed by atoms with Gasteiger partial charge in [-0.25, -0.2) is 9.59 Å². The number of carbonyl (C=O) groups excluding carboxylic acids is 3. The zero-order valence-corrected chi connectivity index (χ0v) is 21.8. The lowest BCUT2D eigenvalue weighted by Gasteiger charge is -2.36. The van der Waals surface area contributed by atoms with Crippen LogP contribution in [-0.4, -0.2) is 69.2 Å². The van der Waals surface area contributed by atoms with Crippen molar-refractivity contribution in [3.63, 3.8) is 0 Å². The Labute approximate surface area is 194 Å². The van der Waals surface area contributed by atoms with Gasteiger partial charge in [-0.05, 0) is 94.9 Å². The lowest BCUT2D eigenvalue weighted by Crippen LogP contribution is -2.51. The molecule has 2 amide bonds. The number of amides is 2. The van der Waals surface area contributed by atoms with E-state index < -0.39 is 17.3 Å². The van der Waals surface area contributed by atoms with E-state index in [2.05, 4.69) is 13.8 Å². The maximum absolute atomic E-state index is 12.1. The molecular weight excluding hydrogens is 410 g/mol. The summed E-state index contributed by atoms with van der Waals surface area (Å²) in [6.07, 6.45) is 3.68. The molecule has 0 spiro atoms. The van der Waals surface area contributed by atoms with Gasteiger partial charge in [-0.3, -0.25) is 9.80 Å². The fourth-order valence-corrected chi connectivity index (χ4v) is 4.22. The summed E-state index contributed by atoms with van der Waals surface area (Å²) in [5, 5.41) is 0. The normalized spacial score (nSPS) is 24.5. The van der Waals surface area contributed by atoms with Gasteiger partial charge in [-0.15, -0.1) is 0 Å². The summed E-state index contributed by atoms with van der Waals surface area (Å²) in [6, 6.07) is -0.227. The number of nitrogens with two attached hydrogens (primary N) is 1. The minimum Gasteiger partial charge on any atom is -0.444 e. The van der Waals surface area contributed by atoms with Gasteiger partial charge in [0.15, 0.2) is 0 Å². The molecule has 0 aromatic rings. The third-order valence-electron chi connectivity index (χ3n) is 5.75. The van der Waals surface area contributed by atoms with E-state index >= 15 is 0 Å². The first-order valence-corrected chi connectivity index (χ1v) is 11.5. The van der Waals surface area contributed by atoms with E-state index in [1.807, 2.05) is 55.4 Å². The van der Waals surface area contributed by atoms with Gasteiger partial charge in [0, 0.05) is 23.7 Å². The molecule has 2 rings (SSSR count). The highest BCUT2D eigenvalue weighted by Crippen LogP contribution is 2.35. The first-order chi connectivity index (χ1) is 14.3. The van der Waals surface area contributed by atoms with Crippen molar-refractivity contribution in [2.24, 2.45) is 5.73 Å². The number of hydrogen-bond donors (Lipinski definition) is 1. The minimum absolute atomic E-state index is 0.116. The number of carbonyl (C=O) groups is 3. The SMILES string of the molecule is CC(C)(C)OC(=O)N1C(C=O)CCC1(C)C.CC(C)(C)OC(=O)N1C(CN)CCC1(C)C. The first-order valence-electron chi connectivity index (χ1n) is 11.5. The van der Waals surface area contributed by atoms with E-state index in [-0.39, 0.29) is 29.3 Å². The van der Waals surface area contributed by atoms with Gasteiger partial charge in [0.25, 0.3) is 0 Å². The molecule has 2 N–H and O–H groups in total. The van der Waals surface area contributed by atoms with Crippen molar-refractivity contribution in [3.05, 3.63) is 0 Å². The Balaban J connectivity index is 0.000000320. The maximum Gasteiger partial charge on any atom is 0.411 e. The van der Waals surface area contributed by atoms with E-state index in [9.17, 15) is 14.4 Å². The molecular formula is C24H45N3O5. The molecule has 0 bridgehead atoms. The molecule has 2 fully saturated rings. The molecule has 8 nitrogen and oxygen atoms in total. The Hall–Kier alpha value is -1.83. The third kappa shape index (κ3) is 7.64. The second-order valence-electron chi connectivity index (χ2n) is 12.0. The molecule has 186 valence electrons. The van der Waals surface area contributed by atoms with Crippen LogP contribution in [-0.2, 0) is 14.3 Å². The standard InChI is InChI=1S/C12H24N2O2.C12H21NO3/c1-11(2,3)16-10(15)14-9(8-13)6-7-12(14,4)5;1-11(2,3)16-10(15)13-9(8-14)6-7-12(13,4)5/h9H,6-8,13H2,1-5H3;8-9H,6-7H2,1-5H3. The van der Waals surface area contributed by atoms with Crippen LogP contribution in [0.1, 0.15) is 94.9 Å². The predicted octanol–water partition coefficient (Wildman–Crippen LogP) is 4.49. The molecule has 0 radical (unpaired) electrons. The van der Waals surface area contributed by atoms with Crippen LogP contribution in [0.25, 0.3) is 0 Å². The quantitative estimate of drug-likeness (QED) is 0.616. The van der Waals surface area contributed by atoms with Crippen LogP contribution in [0.3, 0.4) is 0 Å². The number of hydrogen-bond acceptors (Lipinski definition) is 6. The van der Waals surface area contributed by atoms with Crippen molar-refractivity contribution in [2.75, 3.05) is 6.54 Å². The van der Waals surface area contributed by atoms with Gasteiger partial charge in [0.1, 0.15) is 17.5 Å². The summed E-state index contributed by atoms with van der Waals surface area (Å²) in [5.74, 6) is 0. The molecule has 32 heavy (non-hydrogen) atoms. The van der Waals surface area contributed by atoms with Crippen molar-refractivity contribution >= 4 is 18.5 Å². The van der Waals surface area contributed by atoms with Gasteiger partial charge < -0.3 is 20.0 Å². The summed E-state index contributed by atoms with van der Waals surface area (Å²) >= 11 is 0. The van der Waals surface area contributed by atoms with Crippen molar-refractivity contribution in [3.8, 4) is 0 Å². The Morgan fingerprint density at radius 2 is 1.28 bits per heavy atom. The van der Waals surface area contributed by atoms with E-state index in [1.54, 1.807) is 9.80 Å². The molecule has 0 saturated carbocycles. The number of rotatable bonds is 2. The number of ether oxygens (including phenoxy) is 2. The number of aldehydes is 1. The predicted molar refractivity (Wildman–Crippen MR) is 125 cm³/mol.